The van der Waals surface area contributed by atoms with Gasteiger partial charge in [0.05, 0.1) is 0 Å². The number of aryl methyl sites for hydroxylation is 1. The number of amides is 2. The number of carbonyl (C=O) groups is 2. The molecule has 0 bridgehead atoms. The standard InChI is InChI=1S/C23H28N2O2/c1-18-13-15-25(16-14-18)23(27)20-10-6-11-21(17-20)24-22(26)12-5-9-19-7-3-2-4-8-19/h2-4,6-8,10-11,17-18H,5,9,12-16H2,1H3,(H,24,26). The maximum atomic E-state index is 12.7. The van der Waals surface area contributed by atoms with Crippen LogP contribution < -0.4 is 5.32 Å². The maximum Gasteiger partial charge on any atom is 0.253 e. The minimum Gasteiger partial charge on any atom is -0.339 e. The number of carbonyl (C=O) groups excluding carboxylic acids is 2. The third-order valence-corrected chi connectivity index (χ3v) is 5.18. The molecule has 1 heterocycles. The average Bonchev–Trinajstić information content (AvgIpc) is 2.69. The van der Waals surface area contributed by atoms with E-state index >= 15 is 0 Å². The van der Waals surface area contributed by atoms with Crippen LogP contribution >= 0.6 is 0 Å². The van der Waals surface area contributed by atoms with Crippen molar-refractivity contribution in [2.45, 2.75) is 39.0 Å². The van der Waals surface area contributed by atoms with Crippen molar-refractivity contribution in [3.8, 4) is 0 Å². The molecule has 0 atom stereocenters. The van der Waals surface area contributed by atoms with Crippen LogP contribution in [0.4, 0.5) is 5.69 Å². The zero-order valence-electron chi connectivity index (χ0n) is 16.0. The molecule has 1 fully saturated rings. The Kier molecular flexibility index (Phi) is 6.64. The SMILES string of the molecule is CC1CCN(C(=O)c2cccc(NC(=O)CCCc3ccccc3)c2)CC1. The van der Waals surface area contributed by atoms with Gasteiger partial charge in [-0.1, -0.05) is 43.3 Å². The summed E-state index contributed by atoms with van der Waals surface area (Å²) in [4.78, 5) is 26.8. The second-order valence-electron chi connectivity index (χ2n) is 7.44. The van der Waals surface area contributed by atoms with Gasteiger partial charge in [0.2, 0.25) is 5.91 Å². The van der Waals surface area contributed by atoms with Crippen LogP contribution in [0.3, 0.4) is 0 Å². The van der Waals surface area contributed by atoms with Crippen molar-refractivity contribution in [1.29, 1.82) is 0 Å². The molecule has 0 saturated carbocycles. The summed E-state index contributed by atoms with van der Waals surface area (Å²) in [5, 5.41) is 2.92. The van der Waals surface area contributed by atoms with Crippen molar-refractivity contribution in [3.63, 3.8) is 0 Å². The van der Waals surface area contributed by atoms with E-state index in [1.807, 2.05) is 41.3 Å². The minimum absolute atomic E-state index is 0.0117. The fourth-order valence-electron chi connectivity index (χ4n) is 3.45. The number of rotatable bonds is 6. The Hall–Kier alpha value is -2.62. The summed E-state index contributed by atoms with van der Waals surface area (Å²) in [7, 11) is 0. The number of likely N-dealkylation sites (tertiary alicyclic amines) is 1. The molecule has 27 heavy (non-hydrogen) atoms. The number of anilines is 1. The first-order valence-electron chi connectivity index (χ1n) is 9.85. The molecule has 0 aliphatic carbocycles. The largest absolute Gasteiger partial charge is 0.339 e. The number of hydrogen-bond acceptors (Lipinski definition) is 2. The van der Waals surface area contributed by atoms with Gasteiger partial charge in [-0.05, 0) is 55.4 Å². The molecule has 1 saturated heterocycles. The smallest absolute Gasteiger partial charge is 0.253 e. The molecule has 142 valence electrons. The summed E-state index contributed by atoms with van der Waals surface area (Å²) in [6.45, 7) is 3.86. The van der Waals surface area contributed by atoms with Gasteiger partial charge in [0.15, 0.2) is 0 Å². The van der Waals surface area contributed by atoms with Crippen LogP contribution in [0.5, 0.6) is 0 Å². The number of benzene rings is 2. The molecule has 3 rings (SSSR count). The lowest BCUT2D eigenvalue weighted by Crippen LogP contribution is -2.37. The zero-order valence-corrected chi connectivity index (χ0v) is 16.0. The monoisotopic (exact) mass is 364 g/mol. The van der Waals surface area contributed by atoms with Gasteiger partial charge in [0, 0.05) is 30.8 Å². The third-order valence-electron chi connectivity index (χ3n) is 5.18. The quantitative estimate of drug-likeness (QED) is 0.819. The van der Waals surface area contributed by atoms with Gasteiger partial charge < -0.3 is 10.2 Å². The van der Waals surface area contributed by atoms with Crippen molar-refractivity contribution in [2.75, 3.05) is 18.4 Å². The summed E-state index contributed by atoms with van der Waals surface area (Å²) >= 11 is 0. The molecule has 2 aromatic carbocycles. The van der Waals surface area contributed by atoms with Crippen molar-refractivity contribution in [3.05, 3.63) is 65.7 Å². The molecule has 2 aromatic rings. The Bertz CT molecular complexity index is 765. The van der Waals surface area contributed by atoms with E-state index in [0.29, 0.717) is 23.6 Å². The first kappa shape index (κ1) is 19.2. The van der Waals surface area contributed by atoms with Gasteiger partial charge in [-0.15, -0.1) is 0 Å². The Balaban J connectivity index is 1.51. The molecule has 1 aliphatic rings. The summed E-state index contributed by atoms with van der Waals surface area (Å²) in [5.74, 6) is 0.736. The molecule has 0 radical (unpaired) electrons. The molecule has 4 heteroatoms. The van der Waals surface area contributed by atoms with E-state index in [0.717, 1.165) is 38.8 Å². The number of nitrogens with zero attached hydrogens (tertiary/aromatic N) is 1. The minimum atomic E-state index is -0.0117. The predicted molar refractivity (Wildman–Crippen MR) is 109 cm³/mol. The number of hydrogen-bond donors (Lipinski definition) is 1. The van der Waals surface area contributed by atoms with Crippen LogP contribution in [0.2, 0.25) is 0 Å². The fourth-order valence-corrected chi connectivity index (χ4v) is 3.45. The van der Waals surface area contributed by atoms with Gasteiger partial charge in [-0.2, -0.15) is 0 Å². The molecule has 0 unspecified atom stereocenters. The third kappa shape index (κ3) is 5.68. The molecule has 0 aromatic heterocycles. The Labute approximate surface area is 161 Å². The van der Waals surface area contributed by atoms with Gasteiger partial charge in [0.25, 0.3) is 5.91 Å². The number of nitrogens with one attached hydrogen (secondary N) is 1. The van der Waals surface area contributed by atoms with E-state index < -0.39 is 0 Å². The van der Waals surface area contributed by atoms with Crippen LogP contribution in [-0.4, -0.2) is 29.8 Å². The van der Waals surface area contributed by atoms with Crippen LogP contribution in [0.15, 0.2) is 54.6 Å². The lowest BCUT2D eigenvalue weighted by molar-refractivity contribution is -0.116. The van der Waals surface area contributed by atoms with E-state index in [1.165, 1.54) is 5.56 Å². The van der Waals surface area contributed by atoms with Gasteiger partial charge in [-0.25, -0.2) is 0 Å². The highest BCUT2D eigenvalue weighted by Gasteiger charge is 2.21. The van der Waals surface area contributed by atoms with Crippen LogP contribution in [0.1, 0.15) is 48.5 Å². The van der Waals surface area contributed by atoms with Gasteiger partial charge in [0.1, 0.15) is 0 Å². The first-order valence-corrected chi connectivity index (χ1v) is 9.85. The van der Waals surface area contributed by atoms with E-state index in [1.54, 1.807) is 6.07 Å². The van der Waals surface area contributed by atoms with E-state index in [4.69, 9.17) is 0 Å². The summed E-state index contributed by atoms with van der Waals surface area (Å²) < 4.78 is 0. The zero-order chi connectivity index (χ0) is 19.1. The molecule has 4 nitrogen and oxygen atoms in total. The van der Waals surface area contributed by atoms with Crippen molar-refractivity contribution in [2.24, 2.45) is 5.92 Å². The molecule has 0 spiro atoms. The predicted octanol–water partition coefficient (Wildman–Crippen LogP) is 4.52. The molecule has 1 aliphatic heterocycles. The van der Waals surface area contributed by atoms with E-state index in [-0.39, 0.29) is 11.8 Å². The van der Waals surface area contributed by atoms with Crippen molar-refractivity contribution in [1.82, 2.24) is 4.90 Å². The fraction of sp³-hybridized carbons (Fsp3) is 0.391. The van der Waals surface area contributed by atoms with Crippen LogP contribution in [-0.2, 0) is 11.2 Å². The lowest BCUT2D eigenvalue weighted by atomic mass is 9.98. The Morgan fingerprint density at radius 2 is 1.78 bits per heavy atom. The van der Waals surface area contributed by atoms with Crippen LogP contribution in [0.25, 0.3) is 0 Å². The molecule has 1 N–H and O–H groups in total. The molecule has 2 amide bonds. The lowest BCUT2D eigenvalue weighted by Gasteiger charge is -2.30. The van der Waals surface area contributed by atoms with Gasteiger partial charge in [-0.3, -0.25) is 9.59 Å². The highest BCUT2D eigenvalue weighted by Crippen LogP contribution is 2.20. The van der Waals surface area contributed by atoms with Crippen molar-refractivity contribution >= 4 is 17.5 Å². The number of piperidine rings is 1. The maximum absolute atomic E-state index is 12.7. The summed E-state index contributed by atoms with van der Waals surface area (Å²) in [6, 6.07) is 17.5. The van der Waals surface area contributed by atoms with Gasteiger partial charge >= 0.3 is 0 Å². The second kappa shape index (κ2) is 9.36. The summed E-state index contributed by atoms with van der Waals surface area (Å²) in [5.41, 5.74) is 2.58. The Morgan fingerprint density at radius 1 is 1.04 bits per heavy atom. The van der Waals surface area contributed by atoms with E-state index in [2.05, 4.69) is 24.4 Å². The highest BCUT2D eigenvalue weighted by molar-refractivity contribution is 5.97. The second-order valence-corrected chi connectivity index (χ2v) is 7.44. The van der Waals surface area contributed by atoms with E-state index in [9.17, 15) is 9.59 Å². The first-order chi connectivity index (χ1) is 13.1. The Morgan fingerprint density at radius 3 is 2.52 bits per heavy atom. The van der Waals surface area contributed by atoms with Crippen LogP contribution in [0, 0.1) is 5.92 Å². The van der Waals surface area contributed by atoms with Crippen molar-refractivity contribution < 1.29 is 9.59 Å². The normalized spacial score (nSPS) is 14.8. The molecular weight excluding hydrogens is 336 g/mol. The topological polar surface area (TPSA) is 49.4 Å². The molecular formula is C23H28N2O2. The average molecular weight is 364 g/mol. The highest BCUT2D eigenvalue weighted by atomic mass is 16.2. The summed E-state index contributed by atoms with van der Waals surface area (Å²) in [6.07, 6.45) is 4.28.